The Labute approximate surface area is 164 Å². The van der Waals surface area contributed by atoms with Crippen LogP contribution in [0.2, 0.25) is 0 Å². The number of fused-ring (bicyclic) bond motifs is 2. The summed E-state index contributed by atoms with van der Waals surface area (Å²) in [7, 11) is 3.90. The van der Waals surface area contributed by atoms with Gasteiger partial charge in [-0.1, -0.05) is 15.9 Å². The van der Waals surface area contributed by atoms with E-state index in [1.54, 1.807) is 35.5 Å². The van der Waals surface area contributed by atoms with Gasteiger partial charge in [0, 0.05) is 30.0 Å². The van der Waals surface area contributed by atoms with Crippen molar-refractivity contribution < 1.29 is 9.21 Å². The molecule has 1 atom stereocenters. The lowest BCUT2D eigenvalue weighted by molar-refractivity contribution is 0.0716. The minimum Gasteiger partial charge on any atom is -0.450 e. The maximum atomic E-state index is 13.3. The molecule has 1 amide bonds. The Kier molecular flexibility index (Phi) is 4.57. The zero-order valence-corrected chi connectivity index (χ0v) is 16.6. The average Bonchev–Trinajstić information content (AvgIpc) is 2.94. The van der Waals surface area contributed by atoms with Crippen molar-refractivity contribution in [3.63, 3.8) is 0 Å². The first-order chi connectivity index (χ1) is 13.0. The van der Waals surface area contributed by atoms with Crippen LogP contribution < -0.4 is 5.43 Å². The molecule has 1 unspecified atom stereocenters. The standard InChI is InChI=1S/C20H18BrN3O3/c1-23(2)9-10-24-17(12-5-7-22-8-6-12)16-18(25)14-11-13(21)3-4-15(14)27-19(16)20(24)26/h3-8,11,17H,9-10H2,1-2H3. The predicted molar refractivity (Wildman–Crippen MR) is 106 cm³/mol. The molecule has 0 saturated heterocycles. The molecular formula is C20H18BrN3O3. The second kappa shape index (κ2) is 6.90. The second-order valence-corrected chi connectivity index (χ2v) is 7.72. The van der Waals surface area contributed by atoms with Gasteiger partial charge in [-0.25, -0.2) is 0 Å². The van der Waals surface area contributed by atoms with Crippen LogP contribution in [-0.2, 0) is 0 Å². The van der Waals surface area contributed by atoms with Gasteiger partial charge in [-0.05, 0) is 50.0 Å². The highest BCUT2D eigenvalue weighted by Crippen LogP contribution is 2.37. The van der Waals surface area contributed by atoms with Crippen LogP contribution in [0.5, 0.6) is 0 Å². The summed E-state index contributed by atoms with van der Waals surface area (Å²) in [5.74, 6) is -0.119. The fraction of sp³-hybridized carbons (Fsp3) is 0.250. The van der Waals surface area contributed by atoms with Crippen molar-refractivity contribution in [2.45, 2.75) is 6.04 Å². The van der Waals surface area contributed by atoms with Crippen molar-refractivity contribution in [1.29, 1.82) is 0 Å². The number of hydrogen-bond donors (Lipinski definition) is 0. The van der Waals surface area contributed by atoms with E-state index in [1.807, 2.05) is 31.1 Å². The molecule has 7 heteroatoms. The Balaban J connectivity index is 1.95. The molecule has 3 heterocycles. The van der Waals surface area contributed by atoms with Gasteiger partial charge >= 0.3 is 0 Å². The van der Waals surface area contributed by atoms with Crippen molar-refractivity contribution in [2.75, 3.05) is 27.2 Å². The van der Waals surface area contributed by atoms with Gasteiger partial charge < -0.3 is 14.2 Å². The monoisotopic (exact) mass is 427 g/mol. The summed E-state index contributed by atoms with van der Waals surface area (Å²) in [5.41, 5.74) is 1.49. The number of aromatic nitrogens is 1. The largest absolute Gasteiger partial charge is 0.450 e. The summed E-state index contributed by atoms with van der Waals surface area (Å²) in [5, 5.41) is 0.462. The predicted octanol–water partition coefficient (Wildman–Crippen LogP) is 3.06. The van der Waals surface area contributed by atoms with E-state index < -0.39 is 6.04 Å². The third-order valence-corrected chi connectivity index (χ3v) is 5.23. The summed E-state index contributed by atoms with van der Waals surface area (Å²) in [4.78, 5) is 34.2. The van der Waals surface area contributed by atoms with Crippen LogP contribution in [0.15, 0.2) is 56.4 Å². The van der Waals surface area contributed by atoms with Gasteiger partial charge in [-0.3, -0.25) is 14.6 Å². The van der Waals surface area contributed by atoms with Crippen molar-refractivity contribution in [2.24, 2.45) is 0 Å². The lowest BCUT2D eigenvalue weighted by atomic mass is 9.99. The molecule has 0 bridgehead atoms. The number of benzene rings is 1. The summed E-state index contributed by atoms with van der Waals surface area (Å²) in [6.07, 6.45) is 3.34. The molecule has 2 aromatic heterocycles. The van der Waals surface area contributed by atoms with Crippen molar-refractivity contribution in [3.8, 4) is 0 Å². The Hall–Kier alpha value is -2.51. The molecule has 138 valence electrons. The first kappa shape index (κ1) is 17.9. The Morgan fingerprint density at radius 3 is 2.63 bits per heavy atom. The quantitative estimate of drug-likeness (QED) is 0.639. The van der Waals surface area contributed by atoms with Gasteiger partial charge in [0.15, 0.2) is 5.43 Å². The second-order valence-electron chi connectivity index (χ2n) is 6.80. The van der Waals surface area contributed by atoms with Gasteiger partial charge in [-0.15, -0.1) is 0 Å². The first-order valence-electron chi connectivity index (χ1n) is 8.59. The maximum Gasteiger partial charge on any atom is 0.290 e. The zero-order valence-electron chi connectivity index (χ0n) is 15.0. The topological polar surface area (TPSA) is 66.7 Å². The average molecular weight is 428 g/mol. The van der Waals surface area contributed by atoms with Crippen LogP contribution >= 0.6 is 15.9 Å². The van der Waals surface area contributed by atoms with E-state index >= 15 is 0 Å². The molecule has 4 rings (SSSR count). The third kappa shape index (κ3) is 3.07. The molecule has 0 saturated carbocycles. The van der Waals surface area contributed by atoms with E-state index in [1.165, 1.54) is 0 Å². The lowest BCUT2D eigenvalue weighted by Gasteiger charge is -2.26. The highest BCUT2D eigenvalue weighted by molar-refractivity contribution is 9.10. The van der Waals surface area contributed by atoms with Gasteiger partial charge in [0.25, 0.3) is 5.91 Å². The molecule has 0 N–H and O–H groups in total. The number of carbonyl (C=O) groups excluding carboxylic acids is 1. The number of pyridine rings is 1. The van der Waals surface area contributed by atoms with Gasteiger partial charge in [0.2, 0.25) is 5.76 Å². The SMILES string of the molecule is CN(C)CCN1C(=O)c2oc3ccc(Br)cc3c(=O)c2C1c1ccncc1. The van der Waals surface area contributed by atoms with Gasteiger partial charge in [0.1, 0.15) is 5.58 Å². The third-order valence-electron chi connectivity index (χ3n) is 4.74. The molecule has 0 spiro atoms. The van der Waals surface area contributed by atoms with Crippen molar-refractivity contribution in [3.05, 3.63) is 74.3 Å². The summed E-state index contributed by atoms with van der Waals surface area (Å²) in [6.45, 7) is 1.17. The number of rotatable bonds is 4. The van der Waals surface area contributed by atoms with E-state index in [-0.39, 0.29) is 17.1 Å². The normalized spacial score (nSPS) is 16.4. The molecule has 6 nitrogen and oxygen atoms in total. The molecule has 0 fully saturated rings. The summed E-state index contributed by atoms with van der Waals surface area (Å²) >= 11 is 3.40. The number of hydrogen-bond acceptors (Lipinski definition) is 5. The molecule has 27 heavy (non-hydrogen) atoms. The summed E-state index contributed by atoms with van der Waals surface area (Å²) < 4.78 is 6.69. The van der Waals surface area contributed by atoms with E-state index in [0.717, 1.165) is 10.0 Å². The highest BCUT2D eigenvalue weighted by atomic mass is 79.9. The van der Waals surface area contributed by atoms with Crippen LogP contribution in [0.4, 0.5) is 0 Å². The first-order valence-corrected chi connectivity index (χ1v) is 9.38. The Bertz CT molecular complexity index is 1080. The van der Waals surface area contributed by atoms with E-state index in [9.17, 15) is 9.59 Å². The fourth-order valence-electron chi connectivity index (χ4n) is 3.42. The zero-order chi connectivity index (χ0) is 19.1. The molecule has 1 aliphatic heterocycles. The minimum atomic E-state index is -0.477. The van der Waals surface area contributed by atoms with E-state index in [0.29, 0.717) is 29.6 Å². The van der Waals surface area contributed by atoms with Crippen LogP contribution in [0.1, 0.15) is 27.7 Å². The summed E-state index contributed by atoms with van der Waals surface area (Å²) in [6, 6.07) is 8.42. The number of amides is 1. The van der Waals surface area contributed by atoms with Crippen molar-refractivity contribution >= 4 is 32.8 Å². The molecule has 0 radical (unpaired) electrons. The minimum absolute atomic E-state index is 0.135. The number of nitrogens with zero attached hydrogens (tertiary/aromatic N) is 3. The highest BCUT2D eigenvalue weighted by Gasteiger charge is 2.42. The van der Waals surface area contributed by atoms with Crippen LogP contribution in [0, 0.1) is 0 Å². The Morgan fingerprint density at radius 1 is 1.19 bits per heavy atom. The molecule has 1 aromatic carbocycles. The van der Waals surface area contributed by atoms with Crippen LogP contribution in [0.3, 0.4) is 0 Å². The number of carbonyl (C=O) groups is 1. The number of likely N-dealkylation sites (N-methyl/N-ethyl adjacent to an activating group) is 1. The molecule has 0 aliphatic carbocycles. The molecular weight excluding hydrogens is 410 g/mol. The van der Waals surface area contributed by atoms with Gasteiger partial charge in [-0.2, -0.15) is 0 Å². The van der Waals surface area contributed by atoms with Crippen LogP contribution in [0.25, 0.3) is 11.0 Å². The smallest absolute Gasteiger partial charge is 0.290 e. The molecule has 1 aliphatic rings. The van der Waals surface area contributed by atoms with Crippen molar-refractivity contribution in [1.82, 2.24) is 14.8 Å². The Morgan fingerprint density at radius 2 is 1.93 bits per heavy atom. The van der Waals surface area contributed by atoms with E-state index in [2.05, 4.69) is 20.9 Å². The fourth-order valence-corrected chi connectivity index (χ4v) is 3.78. The van der Waals surface area contributed by atoms with Gasteiger partial charge in [0.05, 0.1) is 17.0 Å². The lowest BCUT2D eigenvalue weighted by Crippen LogP contribution is -2.35. The number of halogens is 1. The maximum absolute atomic E-state index is 13.3. The van der Waals surface area contributed by atoms with E-state index in [4.69, 9.17) is 4.42 Å². The van der Waals surface area contributed by atoms with Crippen LogP contribution in [-0.4, -0.2) is 47.9 Å². The molecule has 3 aromatic rings.